The summed E-state index contributed by atoms with van der Waals surface area (Å²) in [5, 5.41) is 16.8. The molecule has 0 saturated heterocycles. The third-order valence-electron chi connectivity index (χ3n) is 1.72. The Bertz CT molecular complexity index is 190. The fourth-order valence-corrected chi connectivity index (χ4v) is 0.975. The Hall–Kier alpha value is -1.10. The number of aliphatic hydroxyl groups is 1. The first kappa shape index (κ1) is 12.9. The van der Waals surface area contributed by atoms with Crippen LogP contribution in [0, 0.1) is 5.92 Å². The minimum atomic E-state index is -0.861. The summed E-state index contributed by atoms with van der Waals surface area (Å²) < 4.78 is 4.63. The average molecular weight is 204 g/mol. The average Bonchev–Trinajstić information content (AvgIpc) is 2.11. The van der Waals surface area contributed by atoms with E-state index in [4.69, 9.17) is 10.2 Å². The molecule has 82 valence electrons. The largest absolute Gasteiger partial charge is 0.481 e. The van der Waals surface area contributed by atoms with Gasteiger partial charge >= 0.3 is 11.9 Å². The molecule has 1 atom stereocenters. The van der Waals surface area contributed by atoms with E-state index in [1.165, 1.54) is 0 Å². The van der Waals surface area contributed by atoms with Gasteiger partial charge < -0.3 is 14.9 Å². The molecule has 0 fully saturated rings. The maximum absolute atomic E-state index is 11.0. The summed E-state index contributed by atoms with van der Waals surface area (Å²) in [6.07, 6.45) is 0.727. The van der Waals surface area contributed by atoms with Crippen molar-refractivity contribution in [2.24, 2.45) is 5.92 Å². The predicted octanol–water partition coefficient (Wildman–Crippen LogP) is 0.413. The number of hydrogen-bond acceptors (Lipinski definition) is 4. The molecule has 14 heavy (non-hydrogen) atoms. The molecule has 0 aromatic heterocycles. The van der Waals surface area contributed by atoms with Crippen LogP contribution in [0.25, 0.3) is 0 Å². The molecule has 0 spiro atoms. The van der Waals surface area contributed by atoms with Crippen LogP contribution in [0.2, 0.25) is 0 Å². The Morgan fingerprint density at radius 2 is 2.07 bits per heavy atom. The molecule has 2 N–H and O–H groups in total. The molecule has 0 aliphatic rings. The first-order valence-corrected chi connectivity index (χ1v) is 4.54. The van der Waals surface area contributed by atoms with E-state index in [0.717, 1.165) is 0 Å². The van der Waals surface area contributed by atoms with Crippen molar-refractivity contribution in [3.63, 3.8) is 0 Å². The first-order chi connectivity index (χ1) is 6.56. The van der Waals surface area contributed by atoms with Gasteiger partial charge in [0.1, 0.15) is 6.61 Å². The van der Waals surface area contributed by atoms with Crippen molar-refractivity contribution in [1.29, 1.82) is 0 Å². The zero-order valence-corrected chi connectivity index (χ0v) is 8.23. The molecular formula is C9H16O5. The highest BCUT2D eigenvalue weighted by Gasteiger charge is 2.11. The van der Waals surface area contributed by atoms with Gasteiger partial charge in [0.25, 0.3) is 0 Å². The van der Waals surface area contributed by atoms with E-state index < -0.39 is 11.9 Å². The van der Waals surface area contributed by atoms with Crippen LogP contribution >= 0.6 is 0 Å². The Labute approximate surface area is 82.7 Å². The first-order valence-electron chi connectivity index (χ1n) is 4.54. The topological polar surface area (TPSA) is 83.8 Å². The van der Waals surface area contributed by atoms with Crippen molar-refractivity contribution in [2.45, 2.75) is 26.2 Å². The van der Waals surface area contributed by atoms with Crippen LogP contribution in [0.15, 0.2) is 0 Å². The van der Waals surface area contributed by atoms with Gasteiger partial charge in [-0.05, 0) is 12.3 Å². The van der Waals surface area contributed by atoms with Gasteiger partial charge in [0, 0.05) is 12.8 Å². The summed E-state index contributed by atoms with van der Waals surface area (Å²) in [5.74, 6) is -1.25. The standard InChI is InChI=1S/C9H16O5/c1-7(2-3-8(11)12)6-9(13)14-5-4-10/h7,10H,2-6H2,1H3,(H,11,12). The molecule has 5 nitrogen and oxygen atoms in total. The van der Waals surface area contributed by atoms with Crippen LogP contribution in [-0.2, 0) is 14.3 Å². The Morgan fingerprint density at radius 1 is 1.43 bits per heavy atom. The third kappa shape index (κ3) is 7.54. The Kier molecular flexibility index (Phi) is 6.74. The highest BCUT2D eigenvalue weighted by Crippen LogP contribution is 2.10. The molecule has 0 aromatic rings. The number of rotatable bonds is 7. The second-order valence-electron chi connectivity index (χ2n) is 3.19. The van der Waals surface area contributed by atoms with Crippen molar-refractivity contribution < 1.29 is 24.5 Å². The number of carbonyl (C=O) groups excluding carboxylic acids is 1. The summed E-state index contributed by atoms with van der Waals surface area (Å²) in [7, 11) is 0. The van der Waals surface area contributed by atoms with E-state index in [1.807, 2.05) is 0 Å². The molecular weight excluding hydrogens is 188 g/mol. The van der Waals surface area contributed by atoms with Crippen molar-refractivity contribution >= 4 is 11.9 Å². The lowest BCUT2D eigenvalue weighted by Gasteiger charge is -2.08. The maximum Gasteiger partial charge on any atom is 0.306 e. The van der Waals surface area contributed by atoms with Crippen molar-refractivity contribution in [3.8, 4) is 0 Å². The van der Waals surface area contributed by atoms with Crippen LogP contribution in [0.1, 0.15) is 26.2 Å². The predicted molar refractivity (Wildman–Crippen MR) is 48.7 cm³/mol. The lowest BCUT2D eigenvalue weighted by molar-refractivity contribution is -0.146. The van der Waals surface area contributed by atoms with E-state index >= 15 is 0 Å². The minimum absolute atomic E-state index is 0.00251. The van der Waals surface area contributed by atoms with Crippen molar-refractivity contribution in [2.75, 3.05) is 13.2 Å². The van der Waals surface area contributed by atoms with Crippen LogP contribution < -0.4 is 0 Å². The van der Waals surface area contributed by atoms with Crippen LogP contribution in [-0.4, -0.2) is 35.4 Å². The Morgan fingerprint density at radius 3 is 2.57 bits per heavy atom. The lowest BCUT2D eigenvalue weighted by atomic mass is 10.0. The fourth-order valence-electron chi connectivity index (χ4n) is 0.975. The second kappa shape index (κ2) is 7.32. The number of carbonyl (C=O) groups is 2. The molecule has 1 unspecified atom stereocenters. The highest BCUT2D eigenvalue weighted by atomic mass is 16.5. The van der Waals surface area contributed by atoms with Gasteiger partial charge in [0.05, 0.1) is 6.61 Å². The molecule has 0 amide bonds. The minimum Gasteiger partial charge on any atom is -0.481 e. The molecule has 0 radical (unpaired) electrons. The lowest BCUT2D eigenvalue weighted by Crippen LogP contribution is -2.12. The van der Waals surface area contributed by atoms with Gasteiger partial charge in [0.15, 0.2) is 0 Å². The summed E-state index contributed by atoms with van der Waals surface area (Å²) in [5.41, 5.74) is 0. The second-order valence-corrected chi connectivity index (χ2v) is 3.19. The van der Waals surface area contributed by atoms with Crippen LogP contribution in [0.4, 0.5) is 0 Å². The summed E-state index contributed by atoms with van der Waals surface area (Å²) in [6.45, 7) is 1.61. The fraction of sp³-hybridized carbons (Fsp3) is 0.778. The van der Waals surface area contributed by atoms with E-state index in [9.17, 15) is 9.59 Å². The number of ether oxygens (including phenoxy) is 1. The molecule has 0 rings (SSSR count). The van der Waals surface area contributed by atoms with Gasteiger partial charge in [0.2, 0.25) is 0 Å². The zero-order valence-electron chi connectivity index (χ0n) is 8.23. The summed E-state index contributed by atoms with van der Waals surface area (Å²) in [4.78, 5) is 21.2. The third-order valence-corrected chi connectivity index (χ3v) is 1.72. The smallest absolute Gasteiger partial charge is 0.306 e. The SMILES string of the molecule is CC(CCC(=O)O)CC(=O)OCCO. The van der Waals surface area contributed by atoms with E-state index in [-0.39, 0.29) is 32.0 Å². The molecule has 0 saturated carbocycles. The molecule has 0 aliphatic carbocycles. The maximum atomic E-state index is 11.0. The zero-order chi connectivity index (χ0) is 11.0. The molecule has 0 heterocycles. The van der Waals surface area contributed by atoms with Gasteiger partial charge in [-0.1, -0.05) is 6.92 Å². The van der Waals surface area contributed by atoms with E-state index in [0.29, 0.717) is 6.42 Å². The summed E-state index contributed by atoms with van der Waals surface area (Å²) >= 11 is 0. The normalized spacial score (nSPS) is 12.1. The van der Waals surface area contributed by atoms with E-state index in [1.54, 1.807) is 6.92 Å². The number of aliphatic hydroxyl groups excluding tert-OH is 1. The molecule has 0 aromatic carbocycles. The number of carboxylic acid groups (broad SMARTS) is 1. The van der Waals surface area contributed by atoms with Crippen LogP contribution in [0.3, 0.4) is 0 Å². The quantitative estimate of drug-likeness (QED) is 0.587. The number of hydrogen-bond donors (Lipinski definition) is 2. The van der Waals surface area contributed by atoms with Gasteiger partial charge in [-0.2, -0.15) is 0 Å². The molecule has 5 heteroatoms. The van der Waals surface area contributed by atoms with Gasteiger partial charge in [-0.25, -0.2) is 0 Å². The van der Waals surface area contributed by atoms with Gasteiger partial charge in [-0.3, -0.25) is 9.59 Å². The van der Waals surface area contributed by atoms with E-state index in [2.05, 4.69) is 4.74 Å². The van der Waals surface area contributed by atoms with Gasteiger partial charge in [-0.15, -0.1) is 0 Å². The van der Waals surface area contributed by atoms with Crippen LogP contribution in [0.5, 0.6) is 0 Å². The Balaban J connectivity index is 3.55. The molecule has 0 bridgehead atoms. The van der Waals surface area contributed by atoms with Crippen molar-refractivity contribution in [1.82, 2.24) is 0 Å². The molecule has 0 aliphatic heterocycles. The summed E-state index contributed by atoms with van der Waals surface area (Å²) in [6, 6.07) is 0. The number of carboxylic acids is 1. The highest BCUT2D eigenvalue weighted by molar-refractivity contribution is 5.70. The van der Waals surface area contributed by atoms with Crippen molar-refractivity contribution in [3.05, 3.63) is 0 Å². The monoisotopic (exact) mass is 204 g/mol. The number of esters is 1. The number of aliphatic carboxylic acids is 1.